The summed E-state index contributed by atoms with van der Waals surface area (Å²) in [7, 11) is 1.75. The Labute approximate surface area is 92.5 Å². The van der Waals surface area contributed by atoms with Gasteiger partial charge >= 0.3 is 0 Å². The molecule has 1 aromatic heterocycles. The zero-order valence-electron chi connectivity index (χ0n) is 7.90. The molecule has 2 N–H and O–H groups in total. The summed E-state index contributed by atoms with van der Waals surface area (Å²) in [5, 5.41) is 1.88. The van der Waals surface area contributed by atoms with Crippen LogP contribution in [-0.4, -0.2) is 29.4 Å². The van der Waals surface area contributed by atoms with E-state index in [1.54, 1.807) is 11.9 Å². The number of carbonyl (C=O) groups is 1. The molecule has 0 aliphatic rings. The van der Waals surface area contributed by atoms with E-state index in [0.29, 0.717) is 18.0 Å². The molecule has 0 saturated heterocycles. The molecular formula is C9H12N2OS2. The molecule has 1 rings (SSSR count). The van der Waals surface area contributed by atoms with E-state index in [1.165, 1.54) is 11.3 Å². The number of thiophene rings is 1. The van der Waals surface area contributed by atoms with Crippen molar-refractivity contribution in [2.45, 2.75) is 6.42 Å². The monoisotopic (exact) mass is 228 g/mol. The Morgan fingerprint density at radius 3 is 2.93 bits per heavy atom. The first-order valence-electron chi connectivity index (χ1n) is 4.18. The topological polar surface area (TPSA) is 46.3 Å². The van der Waals surface area contributed by atoms with E-state index in [9.17, 15) is 4.79 Å². The Bertz CT molecular complexity index is 322. The smallest absolute Gasteiger partial charge is 0.263 e. The van der Waals surface area contributed by atoms with E-state index in [0.717, 1.165) is 4.88 Å². The van der Waals surface area contributed by atoms with Gasteiger partial charge in [0, 0.05) is 20.0 Å². The normalized spacial score (nSPS) is 9.79. The Hall–Kier alpha value is -0.940. The van der Waals surface area contributed by atoms with Crippen LogP contribution in [0.25, 0.3) is 0 Å². The maximum Gasteiger partial charge on any atom is 0.263 e. The van der Waals surface area contributed by atoms with Gasteiger partial charge in [-0.25, -0.2) is 0 Å². The van der Waals surface area contributed by atoms with Crippen molar-refractivity contribution < 1.29 is 4.79 Å². The molecule has 0 aromatic carbocycles. The van der Waals surface area contributed by atoms with Crippen LogP contribution in [-0.2, 0) is 0 Å². The van der Waals surface area contributed by atoms with Gasteiger partial charge < -0.3 is 10.6 Å². The van der Waals surface area contributed by atoms with Gasteiger partial charge in [0.05, 0.1) is 9.87 Å². The van der Waals surface area contributed by atoms with E-state index >= 15 is 0 Å². The summed E-state index contributed by atoms with van der Waals surface area (Å²) in [4.78, 5) is 14.5. The van der Waals surface area contributed by atoms with Crippen LogP contribution in [0.15, 0.2) is 17.5 Å². The summed E-state index contributed by atoms with van der Waals surface area (Å²) in [5.41, 5.74) is 5.36. The standard InChI is InChI=1S/C9H12N2OS2/c1-11(5-4-8(10)13)9(12)7-3-2-6-14-7/h2-3,6H,4-5H2,1H3,(H2,10,13). The molecule has 0 aliphatic heterocycles. The summed E-state index contributed by atoms with van der Waals surface area (Å²) in [6.45, 7) is 0.575. The number of hydrogen-bond acceptors (Lipinski definition) is 3. The van der Waals surface area contributed by atoms with Gasteiger partial charge in [-0.05, 0) is 11.4 Å². The van der Waals surface area contributed by atoms with Crippen molar-refractivity contribution in [1.29, 1.82) is 0 Å². The Kier molecular flexibility index (Phi) is 4.03. The molecule has 1 heterocycles. The van der Waals surface area contributed by atoms with Gasteiger partial charge in [-0.2, -0.15) is 0 Å². The van der Waals surface area contributed by atoms with Crippen molar-refractivity contribution in [2.75, 3.05) is 13.6 Å². The van der Waals surface area contributed by atoms with Gasteiger partial charge in [0.2, 0.25) is 0 Å². The molecule has 1 amide bonds. The molecule has 5 heteroatoms. The molecule has 0 aliphatic carbocycles. The van der Waals surface area contributed by atoms with Crippen LogP contribution in [0.4, 0.5) is 0 Å². The molecule has 0 bridgehead atoms. The largest absolute Gasteiger partial charge is 0.393 e. The predicted molar refractivity (Wildman–Crippen MR) is 62.7 cm³/mol. The van der Waals surface area contributed by atoms with Crippen LogP contribution < -0.4 is 5.73 Å². The number of hydrogen-bond donors (Lipinski definition) is 1. The molecular weight excluding hydrogens is 216 g/mol. The van der Waals surface area contributed by atoms with Crippen molar-refractivity contribution in [3.05, 3.63) is 22.4 Å². The Morgan fingerprint density at radius 1 is 1.71 bits per heavy atom. The SMILES string of the molecule is CN(CCC(N)=S)C(=O)c1cccs1. The lowest BCUT2D eigenvalue weighted by atomic mass is 10.3. The molecule has 14 heavy (non-hydrogen) atoms. The second-order valence-corrected chi connectivity index (χ2v) is 4.39. The van der Waals surface area contributed by atoms with Crippen LogP contribution in [0.1, 0.15) is 16.1 Å². The maximum absolute atomic E-state index is 11.7. The third kappa shape index (κ3) is 3.08. The molecule has 0 spiro atoms. The van der Waals surface area contributed by atoms with Crippen molar-refractivity contribution in [1.82, 2.24) is 4.90 Å². The number of rotatable bonds is 4. The average Bonchev–Trinajstić information content (AvgIpc) is 2.65. The van der Waals surface area contributed by atoms with Crippen LogP contribution in [0.2, 0.25) is 0 Å². The minimum absolute atomic E-state index is 0.0243. The fourth-order valence-electron chi connectivity index (χ4n) is 0.968. The average molecular weight is 228 g/mol. The lowest BCUT2D eigenvalue weighted by molar-refractivity contribution is 0.0803. The lowest BCUT2D eigenvalue weighted by Crippen LogP contribution is -2.29. The summed E-state index contributed by atoms with van der Waals surface area (Å²) in [6.07, 6.45) is 0.572. The molecule has 3 nitrogen and oxygen atoms in total. The quantitative estimate of drug-likeness (QED) is 0.794. The second kappa shape index (κ2) is 5.07. The highest BCUT2D eigenvalue weighted by Crippen LogP contribution is 2.10. The van der Waals surface area contributed by atoms with Gasteiger partial charge in [0.15, 0.2) is 0 Å². The van der Waals surface area contributed by atoms with Crippen LogP contribution in [0.5, 0.6) is 0 Å². The Morgan fingerprint density at radius 2 is 2.43 bits per heavy atom. The third-order valence-electron chi connectivity index (χ3n) is 1.77. The highest BCUT2D eigenvalue weighted by molar-refractivity contribution is 7.80. The molecule has 1 aromatic rings. The first-order chi connectivity index (χ1) is 6.61. The molecule has 76 valence electrons. The van der Waals surface area contributed by atoms with Gasteiger partial charge in [-0.15, -0.1) is 11.3 Å². The highest BCUT2D eigenvalue weighted by Gasteiger charge is 2.11. The Balaban J connectivity index is 2.49. The fourth-order valence-corrected chi connectivity index (χ4v) is 1.78. The summed E-state index contributed by atoms with van der Waals surface area (Å²) in [5.74, 6) is 0.0243. The third-order valence-corrected chi connectivity index (χ3v) is 2.83. The van der Waals surface area contributed by atoms with Crippen LogP contribution in [0.3, 0.4) is 0 Å². The van der Waals surface area contributed by atoms with Crippen LogP contribution >= 0.6 is 23.6 Å². The van der Waals surface area contributed by atoms with E-state index in [-0.39, 0.29) is 5.91 Å². The minimum Gasteiger partial charge on any atom is -0.393 e. The number of carbonyl (C=O) groups excluding carboxylic acids is 1. The highest BCUT2D eigenvalue weighted by atomic mass is 32.1. The molecule has 0 unspecified atom stereocenters. The number of nitrogens with zero attached hydrogens (tertiary/aromatic N) is 1. The lowest BCUT2D eigenvalue weighted by Gasteiger charge is -2.15. The first kappa shape index (κ1) is 11.1. The van der Waals surface area contributed by atoms with Gasteiger partial charge in [0.1, 0.15) is 0 Å². The molecule has 0 radical (unpaired) electrons. The number of thiocarbonyl (C=S) groups is 1. The minimum atomic E-state index is 0.0243. The molecule has 0 saturated carbocycles. The number of nitrogens with two attached hydrogens (primary N) is 1. The van der Waals surface area contributed by atoms with Crippen molar-refractivity contribution in [3.8, 4) is 0 Å². The molecule has 0 atom stereocenters. The van der Waals surface area contributed by atoms with E-state index in [4.69, 9.17) is 18.0 Å². The maximum atomic E-state index is 11.7. The van der Waals surface area contributed by atoms with Crippen molar-refractivity contribution in [2.24, 2.45) is 5.73 Å². The van der Waals surface area contributed by atoms with E-state index < -0.39 is 0 Å². The first-order valence-corrected chi connectivity index (χ1v) is 5.47. The zero-order chi connectivity index (χ0) is 10.6. The van der Waals surface area contributed by atoms with Gasteiger partial charge in [-0.1, -0.05) is 18.3 Å². The van der Waals surface area contributed by atoms with E-state index in [1.807, 2.05) is 17.5 Å². The summed E-state index contributed by atoms with van der Waals surface area (Å²) < 4.78 is 0. The summed E-state index contributed by atoms with van der Waals surface area (Å²) in [6, 6.07) is 3.67. The van der Waals surface area contributed by atoms with Crippen LogP contribution in [0, 0.1) is 0 Å². The fraction of sp³-hybridized carbons (Fsp3) is 0.333. The predicted octanol–water partition coefficient (Wildman–Crippen LogP) is 1.50. The summed E-state index contributed by atoms with van der Waals surface area (Å²) >= 11 is 6.18. The second-order valence-electron chi connectivity index (χ2n) is 2.92. The van der Waals surface area contributed by atoms with Gasteiger partial charge in [0.25, 0.3) is 5.91 Å². The molecule has 0 fully saturated rings. The van der Waals surface area contributed by atoms with Crippen molar-refractivity contribution >= 4 is 34.5 Å². The zero-order valence-corrected chi connectivity index (χ0v) is 9.53. The van der Waals surface area contributed by atoms with Crippen molar-refractivity contribution in [3.63, 3.8) is 0 Å². The number of amides is 1. The van der Waals surface area contributed by atoms with Gasteiger partial charge in [-0.3, -0.25) is 4.79 Å². The van der Waals surface area contributed by atoms with E-state index in [2.05, 4.69) is 0 Å².